The van der Waals surface area contributed by atoms with Crippen molar-refractivity contribution in [1.29, 1.82) is 0 Å². The van der Waals surface area contributed by atoms with Crippen LogP contribution < -0.4 is 16.4 Å². The van der Waals surface area contributed by atoms with Gasteiger partial charge in [-0.05, 0) is 18.6 Å². The van der Waals surface area contributed by atoms with Crippen LogP contribution in [0.5, 0.6) is 0 Å². The minimum absolute atomic E-state index is 0. The number of nitrogens with one attached hydrogen (secondary N) is 2. The van der Waals surface area contributed by atoms with E-state index >= 15 is 0 Å². The first-order chi connectivity index (χ1) is 14.1. The fourth-order valence-corrected chi connectivity index (χ4v) is 3.34. The van der Waals surface area contributed by atoms with E-state index in [-0.39, 0.29) is 34.4 Å². The monoisotopic (exact) mass is 509 g/mol. The molecule has 2 amide bonds. The van der Waals surface area contributed by atoms with Crippen LogP contribution in [-0.2, 0) is 19.2 Å². The van der Waals surface area contributed by atoms with E-state index in [0.717, 1.165) is 16.2 Å². The third-order valence-electron chi connectivity index (χ3n) is 3.75. The van der Waals surface area contributed by atoms with Gasteiger partial charge in [-0.15, -0.1) is 0 Å². The maximum absolute atomic E-state index is 12.2. The van der Waals surface area contributed by atoms with Crippen molar-refractivity contribution < 1.29 is 38.5 Å². The second kappa shape index (κ2) is 13.0. The minimum Gasteiger partial charge on any atom is -0.480 e. The maximum Gasteiger partial charge on any atom is 0.322 e. The molecule has 0 aliphatic carbocycles. The van der Waals surface area contributed by atoms with Crippen LogP contribution >= 0.6 is 27.7 Å². The van der Waals surface area contributed by atoms with E-state index in [2.05, 4.69) is 26.6 Å². The van der Waals surface area contributed by atoms with Gasteiger partial charge in [0.25, 0.3) is 0 Å². The highest BCUT2D eigenvalue weighted by Crippen LogP contribution is 2.13. The van der Waals surface area contributed by atoms with Crippen LogP contribution in [0.4, 0.5) is 0 Å². The number of carboxylic acid groups (broad SMARTS) is 2. The molecule has 10 nitrogen and oxygen atoms in total. The molecule has 2 atom stereocenters. The highest BCUT2D eigenvalue weighted by Gasteiger charge is 2.23. The number of hydrogen-bond donors (Lipinski definition) is 5. The van der Waals surface area contributed by atoms with Crippen LogP contribution in [0.2, 0.25) is 0 Å². The SMILES string of the molecule is NC(CCC(=O)NC(CSCC(=O)c1ccc(Br)cc1)C(=O)NCC(=O)O)C(=O)O.[HH].[HH].[HH]. The average molecular weight is 510 g/mol. The van der Waals surface area contributed by atoms with E-state index in [9.17, 15) is 24.0 Å². The van der Waals surface area contributed by atoms with Crippen molar-refractivity contribution in [1.82, 2.24) is 10.6 Å². The average Bonchev–Trinajstić information content (AvgIpc) is 2.69. The fourth-order valence-electron chi connectivity index (χ4n) is 2.13. The van der Waals surface area contributed by atoms with Gasteiger partial charge in [0.15, 0.2) is 5.78 Å². The van der Waals surface area contributed by atoms with Gasteiger partial charge in [-0.2, -0.15) is 11.8 Å². The van der Waals surface area contributed by atoms with Crippen molar-refractivity contribution in [2.24, 2.45) is 5.73 Å². The Morgan fingerprint density at radius 1 is 1.13 bits per heavy atom. The molecule has 0 spiro atoms. The highest BCUT2D eigenvalue weighted by atomic mass is 79.9. The molecule has 12 heteroatoms. The van der Waals surface area contributed by atoms with Crippen LogP contribution in [0.3, 0.4) is 0 Å². The highest BCUT2D eigenvalue weighted by molar-refractivity contribution is 9.10. The number of benzene rings is 1. The number of carbonyl (C=O) groups is 5. The number of hydrogen-bond acceptors (Lipinski definition) is 7. The molecule has 0 bridgehead atoms. The summed E-state index contributed by atoms with van der Waals surface area (Å²) in [4.78, 5) is 57.8. The standard InChI is InChI=1S/C18H22BrN3O7S.3H2/c19-11-3-1-10(2-4-11)14(23)9-30-8-13(17(27)21-7-16(25)26)22-15(24)6-5-12(20)18(28)29;;;/h1-4,12-13H,5-9,20H2,(H,21,27)(H,22,24)(H,25,26)(H,28,29);3*1H. The summed E-state index contributed by atoms with van der Waals surface area (Å²) in [6.07, 6.45) is -0.349. The largest absolute Gasteiger partial charge is 0.480 e. The first-order valence-corrected chi connectivity index (χ1v) is 10.7. The maximum atomic E-state index is 12.2. The number of ketones is 1. The number of amides is 2. The minimum atomic E-state index is -1.25. The Bertz CT molecular complexity index is 803. The predicted octanol–water partition coefficient (Wildman–Crippen LogP) is 0.981. The number of aliphatic carboxylic acids is 2. The zero-order valence-corrected chi connectivity index (χ0v) is 18.2. The van der Waals surface area contributed by atoms with Gasteiger partial charge in [-0.3, -0.25) is 24.0 Å². The number of carboxylic acids is 2. The van der Waals surface area contributed by atoms with E-state index in [1.165, 1.54) is 0 Å². The molecular formula is C18H28BrN3O7S. The molecule has 170 valence electrons. The molecule has 30 heavy (non-hydrogen) atoms. The summed E-state index contributed by atoms with van der Waals surface area (Å²) in [5.74, 6) is -3.94. The molecular weight excluding hydrogens is 482 g/mol. The Labute approximate surface area is 189 Å². The molecule has 1 aromatic carbocycles. The van der Waals surface area contributed by atoms with Crippen molar-refractivity contribution in [3.8, 4) is 0 Å². The van der Waals surface area contributed by atoms with Gasteiger partial charge in [0.05, 0.1) is 5.75 Å². The van der Waals surface area contributed by atoms with E-state index in [1.54, 1.807) is 24.3 Å². The zero-order valence-electron chi connectivity index (χ0n) is 15.8. The van der Waals surface area contributed by atoms with Crippen LogP contribution in [0.15, 0.2) is 28.7 Å². The van der Waals surface area contributed by atoms with Gasteiger partial charge in [0, 0.05) is 26.5 Å². The van der Waals surface area contributed by atoms with Crippen molar-refractivity contribution in [2.75, 3.05) is 18.1 Å². The van der Waals surface area contributed by atoms with Crippen molar-refractivity contribution in [2.45, 2.75) is 24.9 Å². The van der Waals surface area contributed by atoms with Gasteiger partial charge >= 0.3 is 11.9 Å². The number of carbonyl (C=O) groups excluding carboxylic acids is 3. The van der Waals surface area contributed by atoms with E-state index in [4.69, 9.17) is 15.9 Å². The number of Topliss-reactive ketones (excluding diaryl/α,β-unsaturated/α-hetero) is 1. The molecule has 2 unspecified atom stereocenters. The molecule has 0 fully saturated rings. The lowest BCUT2D eigenvalue weighted by atomic mass is 10.1. The third kappa shape index (κ3) is 9.85. The lowest BCUT2D eigenvalue weighted by Gasteiger charge is -2.18. The molecule has 0 aliphatic rings. The second-order valence-electron chi connectivity index (χ2n) is 6.16. The summed E-state index contributed by atoms with van der Waals surface area (Å²) < 4.78 is 0.826. The van der Waals surface area contributed by atoms with Crippen molar-refractivity contribution in [3.05, 3.63) is 34.3 Å². The third-order valence-corrected chi connectivity index (χ3v) is 5.31. The summed E-state index contributed by atoms with van der Waals surface area (Å²) >= 11 is 4.38. The van der Waals surface area contributed by atoms with E-state index in [1.807, 2.05) is 0 Å². The Morgan fingerprint density at radius 2 is 1.77 bits per heavy atom. The Hall–Kier alpha value is -2.44. The molecule has 0 heterocycles. The zero-order chi connectivity index (χ0) is 22.7. The molecule has 6 N–H and O–H groups in total. The number of rotatable bonds is 13. The van der Waals surface area contributed by atoms with Crippen molar-refractivity contribution in [3.63, 3.8) is 0 Å². The van der Waals surface area contributed by atoms with E-state index < -0.39 is 42.4 Å². The molecule has 0 radical (unpaired) electrons. The molecule has 0 aromatic heterocycles. The fraction of sp³-hybridized carbons (Fsp3) is 0.389. The van der Waals surface area contributed by atoms with Gasteiger partial charge in [-0.1, -0.05) is 28.1 Å². The summed E-state index contributed by atoms with van der Waals surface area (Å²) in [5, 5.41) is 22.0. The van der Waals surface area contributed by atoms with Gasteiger partial charge in [-0.25, -0.2) is 0 Å². The first-order valence-electron chi connectivity index (χ1n) is 8.74. The Balaban J connectivity index is -0.00000300. The summed E-state index contributed by atoms with van der Waals surface area (Å²) in [5.41, 5.74) is 5.84. The Kier molecular flexibility index (Phi) is 11.1. The van der Waals surface area contributed by atoms with Crippen LogP contribution in [0.25, 0.3) is 0 Å². The lowest BCUT2D eigenvalue weighted by Crippen LogP contribution is -2.49. The lowest BCUT2D eigenvalue weighted by molar-refractivity contribution is -0.139. The normalized spacial score (nSPS) is 12.5. The molecule has 1 rings (SSSR count). The summed E-state index contributed by atoms with van der Waals surface area (Å²) in [6, 6.07) is 4.44. The van der Waals surface area contributed by atoms with Crippen LogP contribution in [0.1, 0.15) is 27.5 Å². The predicted molar refractivity (Wildman–Crippen MR) is 120 cm³/mol. The summed E-state index contributed by atoms with van der Waals surface area (Å²) in [6.45, 7) is -0.627. The van der Waals surface area contributed by atoms with Gasteiger partial charge in [0.2, 0.25) is 11.8 Å². The van der Waals surface area contributed by atoms with Crippen LogP contribution in [-0.4, -0.2) is 69.9 Å². The molecule has 1 aromatic rings. The number of nitrogens with two attached hydrogens (primary N) is 1. The summed E-state index contributed by atoms with van der Waals surface area (Å²) in [7, 11) is 0. The van der Waals surface area contributed by atoms with Gasteiger partial charge in [0.1, 0.15) is 18.6 Å². The molecule has 0 saturated heterocycles. The van der Waals surface area contributed by atoms with Gasteiger partial charge < -0.3 is 26.6 Å². The topological polar surface area (TPSA) is 176 Å². The smallest absolute Gasteiger partial charge is 0.322 e. The molecule has 0 aliphatic heterocycles. The first kappa shape index (κ1) is 25.6. The molecule has 0 saturated carbocycles. The van der Waals surface area contributed by atoms with E-state index in [0.29, 0.717) is 5.56 Å². The second-order valence-corrected chi connectivity index (χ2v) is 8.11. The Morgan fingerprint density at radius 3 is 2.33 bits per heavy atom. The van der Waals surface area contributed by atoms with Crippen molar-refractivity contribution >= 4 is 57.2 Å². The van der Waals surface area contributed by atoms with Crippen LogP contribution in [0, 0.1) is 0 Å². The number of thioether (sulfide) groups is 1. The quantitative estimate of drug-likeness (QED) is 0.242. The number of halogens is 1.